The quantitative estimate of drug-likeness (QED) is 0.895. The third-order valence-corrected chi connectivity index (χ3v) is 2.96. The molecule has 1 aromatic heterocycles. The van der Waals surface area contributed by atoms with Crippen molar-refractivity contribution < 1.29 is 4.79 Å². The van der Waals surface area contributed by atoms with Gasteiger partial charge in [-0.05, 0) is 31.0 Å². The number of aryl methyl sites for hydroxylation is 1. The van der Waals surface area contributed by atoms with Crippen LogP contribution < -0.4 is 5.32 Å². The van der Waals surface area contributed by atoms with Crippen LogP contribution in [0.1, 0.15) is 31.0 Å². The second-order valence-corrected chi connectivity index (χ2v) is 4.66. The lowest BCUT2D eigenvalue weighted by atomic mass is 10.2. The first kappa shape index (κ1) is 13.3. The van der Waals surface area contributed by atoms with E-state index in [0.29, 0.717) is 6.42 Å². The summed E-state index contributed by atoms with van der Waals surface area (Å²) in [5, 5.41) is 2.91. The van der Waals surface area contributed by atoms with E-state index in [1.807, 2.05) is 44.6 Å². The lowest BCUT2D eigenvalue weighted by molar-refractivity contribution is -0.116. The van der Waals surface area contributed by atoms with E-state index < -0.39 is 0 Å². The summed E-state index contributed by atoms with van der Waals surface area (Å²) in [5.41, 5.74) is 3.13. The maximum Gasteiger partial charge on any atom is 0.224 e. The van der Waals surface area contributed by atoms with Crippen LogP contribution in [0.5, 0.6) is 0 Å². The predicted molar refractivity (Wildman–Crippen MR) is 76.0 cm³/mol. The summed E-state index contributed by atoms with van der Waals surface area (Å²) in [6.07, 6.45) is 5.08. The fraction of sp³-hybridized carbons (Fsp3) is 0.333. The van der Waals surface area contributed by atoms with Crippen LogP contribution in [0, 0.1) is 6.92 Å². The van der Waals surface area contributed by atoms with E-state index in [4.69, 9.17) is 0 Å². The number of aromatic nitrogens is 2. The molecule has 100 valence electrons. The summed E-state index contributed by atoms with van der Waals surface area (Å²) < 4.78 is 2.08. The lowest BCUT2D eigenvalue weighted by Crippen LogP contribution is -2.11. The Hall–Kier alpha value is -2.10. The second kappa shape index (κ2) is 6.18. The van der Waals surface area contributed by atoms with Crippen LogP contribution in [0.15, 0.2) is 36.8 Å². The monoisotopic (exact) mass is 257 g/mol. The first-order valence-corrected chi connectivity index (χ1v) is 6.54. The van der Waals surface area contributed by atoms with Gasteiger partial charge in [-0.1, -0.05) is 19.1 Å². The molecule has 0 saturated heterocycles. The molecule has 2 aromatic rings. The number of hydrogen-bond acceptors (Lipinski definition) is 2. The van der Waals surface area contributed by atoms with Crippen molar-refractivity contribution in [2.45, 2.75) is 33.2 Å². The van der Waals surface area contributed by atoms with Gasteiger partial charge in [0.1, 0.15) is 0 Å². The van der Waals surface area contributed by atoms with E-state index in [0.717, 1.165) is 29.9 Å². The molecule has 0 spiro atoms. The molecule has 0 aliphatic carbocycles. The molecule has 1 heterocycles. The topological polar surface area (TPSA) is 46.9 Å². The second-order valence-electron chi connectivity index (χ2n) is 4.66. The number of rotatable bonds is 5. The Morgan fingerprint density at radius 2 is 2.26 bits per heavy atom. The van der Waals surface area contributed by atoms with Crippen molar-refractivity contribution in [1.29, 1.82) is 0 Å². The number of nitrogens with one attached hydrogen (secondary N) is 1. The van der Waals surface area contributed by atoms with Gasteiger partial charge in [0, 0.05) is 30.5 Å². The van der Waals surface area contributed by atoms with Crippen molar-refractivity contribution in [1.82, 2.24) is 9.55 Å². The minimum atomic E-state index is 0.0680. The maximum absolute atomic E-state index is 11.6. The summed E-state index contributed by atoms with van der Waals surface area (Å²) in [6.45, 7) is 4.79. The first-order valence-electron chi connectivity index (χ1n) is 6.54. The van der Waals surface area contributed by atoms with Crippen LogP contribution >= 0.6 is 0 Å². The molecule has 0 bridgehead atoms. The SMILES string of the molecule is CCCC(=O)Nc1cccc(Cn2cncc2C)c1. The Balaban J connectivity index is 2.07. The van der Waals surface area contributed by atoms with Gasteiger partial charge in [0.2, 0.25) is 5.91 Å². The van der Waals surface area contributed by atoms with Gasteiger partial charge in [-0.2, -0.15) is 0 Å². The molecule has 1 N–H and O–H groups in total. The molecule has 0 saturated carbocycles. The summed E-state index contributed by atoms with van der Waals surface area (Å²) in [7, 11) is 0. The molecule has 1 aromatic carbocycles. The minimum Gasteiger partial charge on any atom is -0.330 e. The Morgan fingerprint density at radius 1 is 1.42 bits per heavy atom. The molecule has 1 amide bonds. The molecule has 4 nitrogen and oxygen atoms in total. The van der Waals surface area contributed by atoms with Gasteiger partial charge in [0.05, 0.1) is 6.33 Å². The summed E-state index contributed by atoms with van der Waals surface area (Å²) in [4.78, 5) is 15.7. The van der Waals surface area contributed by atoms with Gasteiger partial charge in [0.25, 0.3) is 0 Å². The van der Waals surface area contributed by atoms with Gasteiger partial charge in [0.15, 0.2) is 0 Å². The highest BCUT2D eigenvalue weighted by atomic mass is 16.1. The highest BCUT2D eigenvalue weighted by Crippen LogP contribution is 2.13. The zero-order valence-electron chi connectivity index (χ0n) is 11.4. The first-order chi connectivity index (χ1) is 9.19. The number of imidazole rings is 1. The van der Waals surface area contributed by atoms with E-state index in [1.54, 1.807) is 0 Å². The van der Waals surface area contributed by atoms with Crippen molar-refractivity contribution in [3.8, 4) is 0 Å². The van der Waals surface area contributed by atoms with E-state index >= 15 is 0 Å². The predicted octanol–water partition coefficient (Wildman–Crippen LogP) is 2.98. The number of amides is 1. The van der Waals surface area contributed by atoms with Crippen LogP contribution in [0.25, 0.3) is 0 Å². The third kappa shape index (κ3) is 3.68. The molecule has 0 radical (unpaired) electrons. The van der Waals surface area contributed by atoms with E-state index in [1.165, 1.54) is 0 Å². The normalized spacial score (nSPS) is 10.4. The standard InChI is InChI=1S/C15H19N3O/c1-3-5-15(19)17-14-7-4-6-13(8-14)10-18-11-16-9-12(18)2/h4,6-9,11H,3,5,10H2,1-2H3,(H,17,19). The third-order valence-electron chi connectivity index (χ3n) is 2.96. The fourth-order valence-corrected chi connectivity index (χ4v) is 1.95. The number of anilines is 1. The van der Waals surface area contributed by atoms with Crippen LogP contribution in [0.2, 0.25) is 0 Å². The summed E-state index contributed by atoms with van der Waals surface area (Å²) >= 11 is 0. The van der Waals surface area contributed by atoms with Gasteiger partial charge < -0.3 is 9.88 Å². The van der Waals surface area contributed by atoms with Crippen LogP contribution in [0.3, 0.4) is 0 Å². The number of carbonyl (C=O) groups is 1. The Bertz CT molecular complexity index is 560. The Kier molecular flexibility index (Phi) is 4.34. The van der Waals surface area contributed by atoms with E-state index in [-0.39, 0.29) is 5.91 Å². The number of nitrogens with zero attached hydrogens (tertiary/aromatic N) is 2. The number of benzene rings is 1. The number of hydrogen-bond donors (Lipinski definition) is 1. The van der Waals surface area contributed by atoms with Crippen molar-refractivity contribution in [2.24, 2.45) is 0 Å². The molecular weight excluding hydrogens is 238 g/mol. The Labute approximate surface area is 113 Å². The number of carbonyl (C=O) groups excluding carboxylic acids is 1. The maximum atomic E-state index is 11.6. The Morgan fingerprint density at radius 3 is 2.95 bits per heavy atom. The average Bonchev–Trinajstić information content (AvgIpc) is 2.76. The van der Waals surface area contributed by atoms with Gasteiger partial charge in [-0.3, -0.25) is 4.79 Å². The average molecular weight is 257 g/mol. The largest absolute Gasteiger partial charge is 0.330 e. The highest BCUT2D eigenvalue weighted by Gasteiger charge is 2.03. The van der Waals surface area contributed by atoms with Crippen LogP contribution in [-0.2, 0) is 11.3 Å². The van der Waals surface area contributed by atoms with E-state index in [2.05, 4.69) is 20.9 Å². The smallest absolute Gasteiger partial charge is 0.224 e. The van der Waals surface area contributed by atoms with Crippen molar-refractivity contribution in [3.05, 3.63) is 48.0 Å². The zero-order valence-corrected chi connectivity index (χ0v) is 11.4. The van der Waals surface area contributed by atoms with Gasteiger partial charge in [-0.15, -0.1) is 0 Å². The van der Waals surface area contributed by atoms with Crippen LogP contribution in [0.4, 0.5) is 5.69 Å². The molecule has 2 rings (SSSR count). The minimum absolute atomic E-state index is 0.0680. The molecule has 0 aliphatic rings. The molecular formula is C15H19N3O. The van der Waals surface area contributed by atoms with Gasteiger partial charge >= 0.3 is 0 Å². The van der Waals surface area contributed by atoms with Crippen molar-refractivity contribution in [3.63, 3.8) is 0 Å². The lowest BCUT2D eigenvalue weighted by Gasteiger charge is -2.08. The van der Waals surface area contributed by atoms with Crippen LogP contribution in [-0.4, -0.2) is 15.5 Å². The fourth-order valence-electron chi connectivity index (χ4n) is 1.95. The molecule has 0 aliphatic heterocycles. The molecule has 4 heteroatoms. The highest BCUT2D eigenvalue weighted by molar-refractivity contribution is 5.90. The summed E-state index contributed by atoms with van der Waals surface area (Å²) in [5.74, 6) is 0.0680. The van der Waals surface area contributed by atoms with Crippen molar-refractivity contribution in [2.75, 3.05) is 5.32 Å². The molecule has 0 unspecified atom stereocenters. The summed E-state index contributed by atoms with van der Waals surface area (Å²) in [6, 6.07) is 7.93. The molecule has 0 atom stereocenters. The molecule has 0 fully saturated rings. The zero-order chi connectivity index (χ0) is 13.7. The van der Waals surface area contributed by atoms with Gasteiger partial charge in [-0.25, -0.2) is 4.98 Å². The van der Waals surface area contributed by atoms with Crippen molar-refractivity contribution >= 4 is 11.6 Å². The molecule has 19 heavy (non-hydrogen) atoms. The van der Waals surface area contributed by atoms with E-state index in [9.17, 15) is 4.79 Å².